The van der Waals surface area contributed by atoms with Crippen LogP contribution in [0.2, 0.25) is 0 Å². The van der Waals surface area contributed by atoms with E-state index in [1.165, 1.54) is 4.31 Å². The molecule has 1 saturated heterocycles. The van der Waals surface area contributed by atoms with Gasteiger partial charge in [-0.15, -0.1) is 12.3 Å². The molecule has 0 bridgehead atoms. The van der Waals surface area contributed by atoms with Gasteiger partial charge < -0.3 is 9.76 Å². The fraction of sp³-hybridized carbons (Fsp3) is 0.706. The third-order valence-corrected chi connectivity index (χ3v) is 6.96. The molecule has 0 unspecified atom stereocenters. The minimum atomic E-state index is -3.23. The van der Waals surface area contributed by atoms with E-state index in [1.807, 2.05) is 0 Å². The topological polar surface area (TPSA) is 84.7 Å². The first-order valence-electron chi connectivity index (χ1n) is 8.57. The Bertz CT molecular complexity index is 784. The van der Waals surface area contributed by atoms with Crippen LogP contribution in [0.25, 0.3) is 0 Å². The van der Waals surface area contributed by atoms with Gasteiger partial charge in [-0.2, -0.15) is 9.40 Å². The fourth-order valence-corrected chi connectivity index (χ4v) is 3.77. The Balaban J connectivity index is 2.11. The molecular weight excluding hydrogens is 353 g/mol. The van der Waals surface area contributed by atoms with Crippen molar-refractivity contribution < 1.29 is 18.2 Å². The second-order valence-electron chi connectivity index (χ2n) is 7.80. The summed E-state index contributed by atoms with van der Waals surface area (Å²) < 4.78 is 32.9. The minimum absolute atomic E-state index is 0.0666. The Morgan fingerprint density at radius 3 is 2.54 bits per heavy atom. The molecule has 0 amide bonds. The maximum Gasteiger partial charge on any atom is 0.334 e. The zero-order valence-electron chi connectivity index (χ0n) is 16.1. The smallest absolute Gasteiger partial charge is 0.334 e. The average Bonchev–Trinajstić information content (AvgIpc) is 2.96. The highest BCUT2D eigenvalue weighted by Crippen LogP contribution is 2.33. The van der Waals surface area contributed by atoms with Gasteiger partial charge in [-0.05, 0) is 40.1 Å². The fourth-order valence-electron chi connectivity index (χ4n) is 2.53. The first-order chi connectivity index (χ1) is 11.9. The highest BCUT2D eigenvalue weighted by atomic mass is 32.2. The lowest BCUT2D eigenvalue weighted by atomic mass is 9.84. The first kappa shape index (κ1) is 21.0. The second-order valence-corrected chi connectivity index (χ2v) is 10.1. The number of aliphatic hydroxyl groups is 1. The maximum absolute atomic E-state index is 12.0. The summed E-state index contributed by atoms with van der Waals surface area (Å²) in [5, 5.41) is 14.5. The van der Waals surface area contributed by atoms with Crippen LogP contribution in [0.15, 0.2) is 12.4 Å². The SMILES string of the molecule is C#CCC1(n2cc([B]OC(C)(C)C(C)(C)O)cn2)CN(S(=O)(=O)CC)C1. The molecule has 0 spiro atoms. The van der Waals surface area contributed by atoms with Gasteiger partial charge in [0.1, 0.15) is 5.54 Å². The first-order valence-corrected chi connectivity index (χ1v) is 10.2. The van der Waals surface area contributed by atoms with Crippen LogP contribution in [0.3, 0.4) is 0 Å². The molecule has 2 heterocycles. The quantitative estimate of drug-likeness (QED) is 0.510. The zero-order chi connectivity index (χ0) is 19.8. The van der Waals surface area contributed by atoms with Crippen LogP contribution >= 0.6 is 0 Å². The number of rotatable bonds is 8. The summed E-state index contributed by atoms with van der Waals surface area (Å²) in [6, 6.07) is 0. The van der Waals surface area contributed by atoms with Crippen molar-refractivity contribution in [1.29, 1.82) is 0 Å². The minimum Gasteiger partial charge on any atom is -0.427 e. The normalized spacial score (nSPS) is 18.2. The molecule has 1 N–H and O–H groups in total. The average molecular weight is 380 g/mol. The second kappa shape index (κ2) is 7.00. The third kappa shape index (κ3) is 3.99. The summed E-state index contributed by atoms with van der Waals surface area (Å²) in [4.78, 5) is 0. The highest BCUT2D eigenvalue weighted by molar-refractivity contribution is 7.89. The molecule has 7 nitrogen and oxygen atoms in total. The Hall–Kier alpha value is -1.34. The monoisotopic (exact) mass is 380 g/mol. The van der Waals surface area contributed by atoms with Gasteiger partial charge in [-0.3, -0.25) is 4.68 Å². The standard InChI is InChI=1S/C17H27BN3O4S/c1-7-9-17(12-20(13-17)26(23,24)8-2)21-11-14(10-19-21)18-25-16(5,6)15(3,4)22/h1,10-11,22H,8-9,12-13H2,2-6H3. The molecule has 0 aliphatic carbocycles. The van der Waals surface area contributed by atoms with Crippen molar-refractivity contribution in [3.63, 3.8) is 0 Å². The number of nitrogens with zero attached hydrogens (tertiary/aromatic N) is 3. The number of hydrogen-bond donors (Lipinski definition) is 1. The lowest BCUT2D eigenvalue weighted by Crippen LogP contribution is -2.64. The Morgan fingerprint density at radius 1 is 1.42 bits per heavy atom. The van der Waals surface area contributed by atoms with Gasteiger partial charge in [0.15, 0.2) is 0 Å². The van der Waals surface area contributed by atoms with Crippen LogP contribution in [-0.2, 0) is 20.2 Å². The van der Waals surface area contributed by atoms with Gasteiger partial charge in [-0.25, -0.2) is 8.42 Å². The van der Waals surface area contributed by atoms with E-state index in [1.54, 1.807) is 59.2 Å². The number of terminal acetylenes is 1. The van der Waals surface area contributed by atoms with Crippen molar-refractivity contribution in [2.24, 2.45) is 0 Å². The molecule has 1 aromatic rings. The van der Waals surface area contributed by atoms with Crippen LogP contribution in [0.1, 0.15) is 41.0 Å². The van der Waals surface area contributed by atoms with E-state index in [9.17, 15) is 13.5 Å². The zero-order valence-corrected chi connectivity index (χ0v) is 16.9. The van der Waals surface area contributed by atoms with E-state index in [-0.39, 0.29) is 5.75 Å². The van der Waals surface area contributed by atoms with Crippen molar-refractivity contribution >= 4 is 23.0 Å². The van der Waals surface area contributed by atoms with E-state index < -0.39 is 26.8 Å². The molecule has 0 saturated carbocycles. The van der Waals surface area contributed by atoms with Crippen molar-refractivity contribution in [2.75, 3.05) is 18.8 Å². The van der Waals surface area contributed by atoms with Gasteiger partial charge in [0.2, 0.25) is 10.0 Å². The summed E-state index contributed by atoms with van der Waals surface area (Å²) in [6.45, 7) is 9.21. The Labute approximate surface area is 157 Å². The van der Waals surface area contributed by atoms with Gasteiger partial charge in [-0.1, -0.05) is 0 Å². The molecule has 1 radical (unpaired) electrons. The predicted octanol–water partition coefficient (Wildman–Crippen LogP) is 0.0776. The van der Waals surface area contributed by atoms with Crippen LogP contribution < -0.4 is 5.46 Å². The molecule has 1 fully saturated rings. The van der Waals surface area contributed by atoms with Gasteiger partial charge in [0.05, 0.1) is 17.0 Å². The van der Waals surface area contributed by atoms with Crippen LogP contribution in [-0.4, -0.2) is 65.1 Å². The van der Waals surface area contributed by atoms with E-state index in [2.05, 4.69) is 11.0 Å². The molecule has 1 aliphatic heterocycles. The van der Waals surface area contributed by atoms with E-state index >= 15 is 0 Å². The molecule has 2 rings (SSSR count). The van der Waals surface area contributed by atoms with Crippen LogP contribution in [0.4, 0.5) is 0 Å². The lowest BCUT2D eigenvalue weighted by molar-refractivity contribution is -0.0893. The Morgan fingerprint density at radius 2 is 2.04 bits per heavy atom. The van der Waals surface area contributed by atoms with Gasteiger partial charge in [0, 0.05) is 31.9 Å². The molecule has 143 valence electrons. The summed E-state index contributed by atoms with van der Waals surface area (Å²) in [7, 11) is -1.69. The van der Waals surface area contributed by atoms with Crippen molar-refractivity contribution in [2.45, 2.75) is 57.8 Å². The number of hydrogen-bond acceptors (Lipinski definition) is 5. The molecule has 0 aromatic carbocycles. The summed E-state index contributed by atoms with van der Waals surface area (Å²) in [5.41, 5.74) is -1.62. The van der Waals surface area contributed by atoms with E-state index in [0.717, 1.165) is 5.46 Å². The Kier molecular flexibility index (Phi) is 5.65. The van der Waals surface area contributed by atoms with E-state index in [0.29, 0.717) is 19.5 Å². The molecule has 0 atom stereocenters. The molecule has 1 aromatic heterocycles. The third-order valence-electron chi connectivity index (χ3n) is 5.18. The lowest BCUT2D eigenvalue weighted by Gasteiger charge is -2.48. The van der Waals surface area contributed by atoms with Crippen molar-refractivity contribution in [1.82, 2.24) is 14.1 Å². The van der Waals surface area contributed by atoms with E-state index in [4.69, 9.17) is 11.1 Å². The van der Waals surface area contributed by atoms with Crippen molar-refractivity contribution in [3.05, 3.63) is 12.4 Å². The summed E-state index contributed by atoms with van der Waals surface area (Å²) >= 11 is 0. The largest absolute Gasteiger partial charge is 0.427 e. The summed E-state index contributed by atoms with van der Waals surface area (Å²) in [6.07, 6.45) is 9.31. The van der Waals surface area contributed by atoms with Gasteiger partial charge >= 0.3 is 7.48 Å². The van der Waals surface area contributed by atoms with Gasteiger partial charge in [0.25, 0.3) is 0 Å². The van der Waals surface area contributed by atoms with Crippen LogP contribution in [0.5, 0.6) is 0 Å². The predicted molar refractivity (Wildman–Crippen MR) is 102 cm³/mol. The highest BCUT2D eigenvalue weighted by Gasteiger charge is 2.49. The number of sulfonamides is 1. The van der Waals surface area contributed by atoms with Crippen molar-refractivity contribution in [3.8, 4) is 12.3 Å². The maximum atomic E-state index is 12.0. The number of aromatic nitrogens is 2. The van der Waals surface area contributed by atoms with Crippen LogP contribution in [0, 0.1) is 12.3 Å². The molecule has 26 heavy (non-hydrogen) atoms. The summed E-state index contributed by atoms with van der Waals surface area (Å²) in [5.74, 6) is 2.69. The molecule has 9 heteroatoms. The molecule has 1 aliphatic rings. The molecular formula is C17H27BN3O4S.